The number of nitrogens with two attached hydrogens (primary N) is 2. The Bertz CT molecular complexity index is 797. The van der Waals surface area contributed by atoms with Gasteiger partial charge in [-0.3, -0.25) is 4.79 Å². The van der Waals surface area contributed by atoms with Gasteiger partial charge in [-0.1, -0.05) is 17.2 Å². The summed E-state index contributed by atoms with van der Waals surface area (Å²) in [5.41, 5.74) is 13.9. The molecule has 2 aromatic rings. The minimum absolute atomic E-state index is 0.167. The number of hydrogen-bond donors (Lipinski definition) is 2. The average molecular weight is 283 g/mol. The third-order valence-corrected chi connectivity index (χ3v) is 4.92. The topological polar surface area (TPSA) is 86.2 Å². The van der Waals surface area contributed by atoms with Gasteiger partial charge in [0.1, 0.15) is 0 Å². The van der Waals surface area contributed by atoms with Crippen molar-refractivity contribution in [2.24, 2.45) is 0 Å². The predicted molar refractivity (Wildman–Crippen MR) is 82.1 cm³/mol. The van der Waals surface area contributed by atoms with Gasteiger partial charge in [0.05, 0.1) is 11.1 Å². The number of fused-ring (bicyclic) bond motifs is 2. The van der Waals surface area contributed by atoms with Crippen LogP contribution in [0.3, 0.4) is 0 Å². The van der Waals surface area contributed by atoms with Crippen molar-refractivity contribution in [3.8, 4) is 0 Å². The maximum Gasteiger partial charge on any atom is 0.417 e. The van der Waals surface area contributed by atoms with Crippen LogP contribution in [0.15, 0.2) is 36.9 Å². The fourth-order valence-corrected chi connectivity index (χ4v) is 4.03. The summed E-state index contributed by atoms with van der Waals surface area (Å²) < 4.78 is 12.7. The van der Waals surface area contributed by atoms with E-state index in [0.29, 0.717) is 38.7 Å². The maximum atomic E-state index is 12.7. The van der Waals surface area contributed by atoms with Gasteiger partial charge in [-0.05, 0) is 23.8 Å². The lowest BCUT2D eigenvalue weighted by molar-refractivity contribution is 0.104. The third-order valence-electron chi connectivity index (χ3n) is 3.32. The Morgan fingerprint density at radius 1 is 1.05 bits per heavy atom. The first kappa shape index (κ1) is 12.6. The van der Waals surface area contributed by atoms with Crippen molar-refractivity contribution >= 4 is 41.6 Å². The van der Waals surface area contributed by atoms with Crippen LogP contribution in [-0.2, 0) is 4.57 Å². The average Bonchev–Trinajstić information content (AvgIpc) is 2.43. The van der Waals surface area contributed by atoms with Gasteiger partial charge < -0.3 is 11.5 Å². The molecule has 0 radical (unpaired) electrons. The van der Waals surface area contributed by atoms with Crippen molar-refractivity contribution in [3.05, 3.63) is 53.6 Å². The SMILES string of the molecule is C=Cc1cc(N)cc2c1C(=O)c1ccc(N)cc1[P+]2=O. The summed E-state index contributed by atoms with van der Waals surface area (Å²) >= 11 is 0. The fourth-order valence-electron chi connectivity index (χ4n) is 2.41. The van der Waals surface area contributed by atoms with E-state index in [1.807, 2.05) is 0 Å². The van der Waals surface area contributed by atoms with E-state index in [2.05, 4.69) is 6.58 Å². The molecular weight excluding hydrogens is 271 g/mol. The summed E-state index contributed by atoms with van der Waals surface area (Å²) in [5.74, 6) is -0.167. The number of carbonyl (C=O) groups is 1. The van der Waals surface area contributed by atoms with E-state index in [1.165, 1.54) is 0 Å². The van der Waals surface area contributed by atoms with Crippen LogP contribution in [0.2, 0.25) is 0 Å². The Hall–Kier alpha value is -2.45. The fraction of sp³-hybridized carbons (Fsp3) is 0. The van der Waals surface area contributed by atoms with Crippen molar-refractivity contribution in [2.45, 2.75) is 0 Å². The smallest absolute Gasteiger partial charge is 0.399 e. The molecular formula is C15H12N2O2P+. The number of nitrogen functional groups attached to an aromatic ring is 2. The number of ketones is 1. The number of rotatable bonds is 1. The highest BCUT2D eigenvalue weighted by molar-refractivity contribution is 7.62. The van der Waals surface area contributed by atoms with Gasteiger partial charge in [0.2, 0.25) is 16.4 Å². The van der Waals surface area contributed by atoms with E-state index < -0.39 is 7.80 Å². The van der Waals surface area contributed by atoms with Crippen LogP contribution in [0.25, 0.3) is 6.08 Å². The molecule has 0 bridgehead atoms. The molecule has 1 atom stereocenters. The molecule has 1 aliphatic heterocycles. The standard InChI is InChI=1S/C15H11N2O2P/c1-2-8-5-10(17)7-13-14(8)15(18)11-4-3-9(16)6-12(11)20(13)19/h2-7H,1H2,(H3-,16,17,18)/p+1. The molecule has 5 heteroatoms. The molecule has 2 aromatic carbocycles. The molecule has 0 fully saturated rings. The third kappa shape index (κ3) is 1.66. The van der Waals surface area contributed by atoms with Gasteiger partial charge in [0.15, 0.2) is 0 Å². The van der Waals surface area contributed by atoms with Crippen LogP contribution in [0.1, 0.15) is 21.5 Å². The molecule has 1 heterocycles. The lowest BCUT2D eigenvalue weighted by Gasteiger charge is -2.13. The van der Waals surface area contributed by atoms with Crippen LogP contribution < -0.4 is 22.1 Å². The zero-order valence-electron chi connectivity index (χ0n) is 10.6. The first-order valence-electron chi connectivity index (χ1n) is 6.00. The lowest BCUT2D eigenvalue weighted by atomic mass is 9.97. The largest absolute Gasteiger partial charge is 0.417 e. The predicted octanol–water partition coefficient (Wildman–Crippen LogP) is 1.82. The van der Waals surface area contributed by atoms with Gasteiger partial charge in [0, 0.05) is 23.5 Å². The highest BCUT2D eigenvalue weighted by Crippen LogP contribution is 2.34. The molecule has 4 nitrogen and oxygen atoms in total. The molecule has 0 spiro atoms. The molecule has 0 aliphatic carbocycles. The van der Waals surface area contributed by atoms with Crippen LogP contribution in [0.5, 0.6) is 0 Å². The molecule has 0 saturated heterocycles. The molecule has 1 unspecified atom stereocenters. The molecule has 4 N–H and O–H groups in total. The summed E-state index contributed by atoms with van der Waals surface area (Å²) in [6.07, 6.45) is 1.55. The molecule has 20 heavy (non-hydrogen) atoms. The van der Waals surface area contributed by atoms with Crippen molar-refractivity contribution in [2.75, 3.05) is 11.5 Å². The van der Waals surface area contributed by atoms with Gasteiger partial charge in [-0.15, -0.1) is 0 Å². The quantitative estimate of drug-likeness (QED) is 0.527. The van der Waals surface area contributed by atoms with Crippen LogP contribution in [0.4, 0.5) is 11.4 Å². The maximum absolute atomic E-state index is 12.7. The summed E-state index contributed by atoms with van der Waals surface area (Å²) in [7, 11) is -1.88. The Morgan fingerprint density at radius 2 is 1.75 bits per heavy atom. The van der Waals surface area contributed by atoms with Gasteiger partial charge in [-0.25, -0.2) is 0 Å². The summed E-state index contributed by atoms with van der Waals surface area (Å²) in [6.45, 7) is 3.69. The van der Waals surface area contributed by atoms with E-state index in [4.69, 9.17) is 11.5 Å². The second-order valence-corrected chi connectivity index (χ2v) is 6.16. The summed E-state index contributed by atoms with van der Waals surface area (Å²) in [6, 6.07) is 8.09. The Morgan fingerprint density at radius 3 is 2.45 bits per heavy atom. The van der Waals surface area contributed by atoms with E-state index in [9.17, 15) is 9.36 Å². The van der Waals surface area contributed by atoms with Crippen LogP contribution in [-0.4, -0.2) is 5.78 Å². The van der Waals surface area contributed by atoms with E-state index in [0.717, 1.165) is 0 Å². The molecule has 0 amide bonds. The van der Waals surface area contributed by atoms with E-state index >= 15 is 0 Å². The molecule has 98 valence electrons. The first-order valence-corrected chi connectivity index (χ1v) is 7.26. The van der Waals surface area contributed by atoms with Gasteiger partial charge in [0.25, 0.3) is 0 Å². The van der Waals surface area contributed by atoms with E-state index in [1.54, 1.807) is 36.4 Å². The monoisotopic (exact) mass is 283 g/mol. The lowest BCUT2D eigenvalue weighted by Crippen LogP contribution is -2.29. The minimum Gasteiger partial charge on any atom is -0.399 e. The first-order chi connectivity index (χ1) is 9.52. The number of carbonyl (C=O) groups excluding carboxylic acids is 1. The Kier molecular flexibility index (Phi) is 2.70. The number of anilines is 2. The van der Waals surface area contributed by atoms with Crippen molar-refractivity contribution in [1.29, 1.82) is 0 Å². The summed E-state index contributed by atoms with van der Waals surface area (Å²) in [5, 5.41) is 0.927. The minimum atomic E-state index is -1.88. The zero-order valence-corrected chi connectivity index (χ0v) is 11.5. The number of hydrogen-bond acceptors (Lipinski definition) is 4. The van der Waals surface area contributed by atoms with Crippen LogP contribution in [0, 0.1) is 0 Å². The molecule has 1 aliphatic rings. The second kappa shape index (κ2) is 4.29. The zero-order chi connectivity index (χ0) is 14.4. The van der Waals surface area contributed by atoms with E-state index in [-0.39, 0.29) is 5.78 Å². The normalized spacial score (nSPS) is 14.6. The summed E-state index contributed by atoms with van der Waals surface area (Å²) in [4.78, 5) is 12.6. The molecule has 3 rings (SSSR count). The van der Waals surface area contributed by atoms with Crippen molar-refractivity contribution < 1.29 is 9.36 Å². The highest BCUT2D eigenvalue weighted by atomic mass is 31.1. The van der Waals surface area contributed by atoms with Gasteiger partial charge in [-0.2, -0.15) is 0 Å². The Labute approximate surface area is 116 Å². The Balaban J connectivity index is 2.37. The van der Waals surface area contributed by atoms with Crippen LogP contribution >= 0.6 is 7.80 Å². The van der Waals surface area contributed by atoms with Crippen molar-refractivity contribution in [3.63, 3.8) is 0 Å². The second-order valence-electron chi connectivity index (χ2n) is 4.61. The van der Waals surface area contributed by atoms with Gasteiger partial charge >= 0.3 is 7.80 Å². The molecule has 0 saturated carbocycles. The van der Waals surface area contributed by atoms with Crippen molar-refractivity contribution in [1.82, 2.24) is 0 Å². The highest BCUT2D eigenvalue weighted by Gasteiger charge is 2.41. The molecule has 0 aromatic heterocycles. The number of benzene rings is 2.